The molecule has 1 heterocycles. The Balaban J connectivity index is 1.65. The van der Waals surface area contributed by atoms with Crippen LogP contribution in [0, 0.1) is 0 Å². The summed E-state index contributed by atoms with van der Waals surface area (Å²) in [5, 5.41) is 2.82. The molecule has 1 amide bonds. The maximum absolute atomic E-state index is 12.5. The summed E-state index contributed by atoms with van der Waals surface area (Å²) in [6.07, 6.45) is 0. The quantitative estimate of drug-likeness (QED) is 0.766. The van der Waals surface area contributed by atoms with Crippen LogP contribution in [-0.4, -0.2) is 51.5 Å². The van der Waals surface area contributed by atoms with Crippen LogP contribution in [0.4, 0.5) is 5.69 Å². The van der Waals surface area contributed by atoms with Crippen LogP contribution < -0.4 is 10.1 Å². The maximum atomic E-state index is 12.5. The molecule has 28 heavy (non-hydrogen) atoms. The minimum atomic E-state index is -3.38. The van der Waals surface area contributed by atoms with E-state index in [9.17, 15) is 13.2 Å². The molecule has 1 saturated heterocycles. The van der Waals surface area contributed by atoms with E-state index in [0.717, 1.165) is 0 Å². The molecule has 0 unspecified atom stereocenters. The van der Waals surface area contributed by atoms with E-state index in [0.29, 0.717) is 55.5 Å². The van der Waals surface area contributed by atoms with Gasteiger partial charge in [-0.05, 0) is 36.8 Å². The fourth-order valence-corrected chi connectivity index (χ4v) is 4.45. The number of para-hydroxylation sites is 1. The first-order valence-corrected chi connectivity index (χ1v) is 10.8. The van der Waals surface area contributed by atoms with E-state index >= 15 is 0 Å². The number of sulfonamides is 1. The number of hydrogen-bond acceptors (Lipinski definition) is 5. The van der Waals surface area contributed by atoms with Gasteiger partial charge in [-0.3, -0.25) is 4.79 Å². The molecule has 3 rings (SSSR count). The van der Waals surface area contributed by atoms with E-state index in [4.69, 9.17) is 9.47 Å². The summed E-state index contributed by atoms with van der Waals surface area (Å²) in [5.41, 5.74) is 1.70. The van der Waals surface area contributed by atoms with Crippen LogP contribution in [-0.2, 0) is 20.5 Å². The Morgan fingerprint density at radius 2 is 1.79 bits per heavy atom. The molecule has 1 aliphatic heterocycles. The van der Waals surface area contributed by atoms with Crippen molar-refractivity contribution in [2.45, 2.75) is 12.7 Å². The van der Waals surface area contributed by atoms with Crippen molar-refractivity contribution in [2.75, 3.05) is 38.2 Å². The highest BCUT2D eigenvalue weighted by molar-refractivity contribution is 7.88. The largest absolute Gasteiger partial charge is 0.493 e. The van der Waals surface area contributed by atoms with E-state index in [1.807, 2.05) is 13.0 Å². The second kappa shape index (κ2) is 9.18. The van der Waals surface area contributed by atoms with Gasteiger partial charge in [0.2, 0.25) is 10.0 Å². The summed E-state index contributed by atoms with van der Waals surface area (Å²) in [6.45, 7) is 3.95. The highest BCUT2D eigenvalue weighted by Crippen LogP contribution is 2.21. The zero-order valence-electron chi connectivity index (χ0n) is 15.8. The molecule has 2 aromatic carbocycles. The van der Waals surface area contributed by atoms with Crippen molar-refractivity contribution in [3.8, 4) is 5.75 Å². The predicted molar refractivity (Wildman–Crippen MR) is 107 cm³/mol. The first kappa shape index (κ1) is 20.3. The van der Waals surface area contributed by atoms with Crippen LogP contribution in [0.1, 0.15) is 22.8 Å². The Labute approximate surface area is 165 Å². The lowest BCUT2D eigenvalue weighted by atomic mass is 10.1. The molecule has 0 spiro atoms. The van der Waals surface area contributed by atoms with Gasteiger partial charge in [0.25, 0.3) is 5.91 Å². The normalized spacial score (nSPS) is 15.2. The van der Waals surface area contributed by atoms with Crippen LogP contribution in [0.2, 0.25) is 0 Å². The molecule has 8 heteroatoms. The number of nitrogens with zero attached hydrogens (tertiary/aromatic N) is 1. The molecule has 7 nitrogen and oxygen atoms in total. The van der Waals surface area contributed by atoms with Gasteiger partial charge in [-0.2, -0.15) is 4.31 Å². The van der Waals surface area contributed by atoms with Gasteiger partial charge in [0.05, 0.1) is 31.1 Å². The molecule has 1 N–H and O–H groups in total. The summed E-state index contributed by atoms with van der Waals surface area (Å²) in [5.74, 6) is 0.169. The SMILES string of the molecule is CCOc1ccccc1C(=O)Nc1ccc(CS(=O)(=O)N2CCOCC2)cc1. The summed E-state index contributed by atoms with van der Waals surface area (Å²) in [6, 6.07) is 13.9. The zero-order chi connectivity index (χ0) is 20.0. The van der Waals surface area contributed by atoms with Crippen molar-refractivity contribution >= 4 is 21.6 Å². The minimum Gasteiger partial charge on any atom is -0.493 e. The predicted octanol–water partition coefficient (Wildman–Crippen LogP) is 2.50. The van der Waals surface area contributed by atoms with Crippen molar-refractivity contribution in [2.24, 2.45) is 0 Å². The van der Waals surface area contributed by atoms with E-state index < -0.39 is 10.0 Å². The van der Waals surface area contributed by atoms with Gasteiger partial charge >= 0.3 is 0 Å². The second-order valence-corrected chi connectivity index (χ2v) is 8.32. The van der Waals surface area contributed by atoms with Gasteiger partial charge in [0, 0.05) is 18.8 Å². The van der Waals surface area contributed by atoms with Gasteiger partial charge < -0.3 is 14.8 Å². The summed E-state index contributed by atoms with van der Waals surface area (Å²) in [4.78, 5) is 12.5. The number of ether oxygens (including phenoxy) is 2. The molecule has 0 atom stereocenters. The number of amides is 1. The molecular weight excluding hydrogens is 380 g/mol. The highest BCUT2D eigenvalue weighted by Gasteiger charge is 2.24. The third-order valence-electron chi connectivity index (χ3n) is 4.36. The van der Waals surface area contributed by atoms with Crippen LogP contribution in [0.15, 0.2) is 48.5 Å². The third kappa shape index (κ3) is 5.09. The zero-order valence-corrected chi connectivity index (χ0v) is 16.6. The lowest BCUT2D eigenvalue weighted by molar-refractivity contribution is 0.0729. The molecular formula is C20H24N2O5S. The van der Waals surface area contributed by atoms with E-state index in [1.54, 1.807) is 42.5 Å². The number of carbonyl (C=O) groups is 1. The third-order valence-corrected chi connectivity index (χ3v) is 6.21. The molecule has 1 aliphatic rings. The number of nitrogens with one attached hydrogen (secondary N) is 1. The summed E-state index contributed by atoms with van der Waals surface area (Å²) < 4.78 is 37.1. The first-order valence-electron chi connectivity index (χ1n) is 9.17. The van der Waals surface area contributed by atoms with Gasteiger partial charge in [-0.25, -0.2) is 8.42 Å². The Hall–Kier alpha value is -2.42. The first-order chi connectivity index (χ1) is 13.5. The minimum absolute atomic E-state index is 0.0750. The van der Waals surface area contributed by atoms with Gasteiger partial charge in [0.15, 0.2) is 0 Å². The van der Waals surface area contributed by atoms with E-state index in [1.165, 1.54) is 4.31 Å². The Bertz CT molecular complexity index is 906. The van der Waals surface area contributed by atoms with Gasteiger partial charge in [-0.15, -0.1) is 0 Å². The second-order valence-electron chi connectivity index (χ2n) is 6.35. The van der Waals surface area contributed by atoms with Crippen molar-refractivity contribution < 1.29 is 22.7 Å². The average Bonchev–Trinajstić information content (AvgIpc) is 2.70. The highest BCUT2D eigenvalue weighted by atomic mass is 32.2. The van der Waals surface area contributed by atoms with E-state index in [2.05, 4.69) is 5.32 Å². The number of morpholine rings is 1. The van der Waals surface area contributed by atoms with E-state index in [-0.39, 0.29) is 11.7 Å². The van der Waals surface area contributed by atoms with Crippen LogP contribution in [0.25, 0.3) is 0 Å². The Morgan fingerprint density at radius 3 is 2.46 bits per heavy atom. The number of hydrogen-bond donors (Lipinski definition) is 1. The van der Waals surface area contributed by atoms with Crippen LogP contribution >= 0.6 is 0 Å². The monoisotopic (exact) mass is 404 g/mol. The molecule has 0 radical (unpaired) electrons. The molecule has 0 bridgehead atoms. The fraction of sp³-hybridized carbons (Fsp3) is 0.350. The fourth-order valence-electron chi connectivity index (χ4n) is 2.95. The van der Waals surface area contributed by atoms with Crippen molar-refractivity contribution in [3.63, 3.8) is 0 Å². The van der Waals surface area contributed by atoms with Crippen LogP contribution in [0.3, 0.4) is 0 Å². The summed E-state index contributed by atoms with van der Waals surface area (Å²) in [7, 11) is -3.38. The molecule has 0 aliphatic carbocycles. The molecule has 1 fully saturated rings. The van der Waals surface area contributed by atoms with Crippen molar-refractivity contribution in [3.05, 3.63) is 59.7 Å². The topological polar surface area (TPSA) is 84.9 Å². The van der Waals surface area contributed by atoms with Crippen molar-refractivity contribution in [1.82, 2.24) is 4.31 Å². The van der Waals surface area contributed by atoms with Gasteiger partial charge in [0.1, 0.15) is 5.75 Å². The molecule has 150 valence electrons. The number of anilines is 1. The molecule has 0 saturated carbocycles. The Kier molecular flexibility index (Phi) is 6.66. The smallest absolute Gasteiger partial charge is 0.259 e. The number of benzene rings is 2. The number of rotatable bonds is 7. The lowest BCUT2D eigenvalue weighted by Crippen LogP contribution is -2.41. The number of carbonyl (C=O) groups excluding carboxylic acids is 1. The van der Waals surface area contributed by atoms with Crippen molar-refractivity contribution in [1.29, 1.82) is 0 Å². The van der Waals surface area contributed by atoms with Crippen LogP contribution in [0.5, 0.6) is 5.75 Å². The maximum Gasteiger partial charge on any atom is 0.259 e. The Morgan fingerprint density at radius 1 is 1.11 bits per heavy atom. The van der Waals surface area contributed by atoms with Gasteiger partial charge in [-0.1, -0.05) is 24.3 Å². The standard InChI is InChI=1S/C20H24N2O5S/c1-2-27-19-6-4-3-5-18(19)20(23)21-17-9-7-16(8-10-17)15-28(24,25)22-11-13-26-14-12-22/h3-10H,2,11-15H2,1H3,(H,21,23). The summed E-state index contributed by atoms with van der Waals surface area (Å²) >= 11 is 0. The average molecular weight is 404 g/mol. The molecule has 0 aromatic heterocycles. The lowest BCUT2D eigenvalue weighted by Gasteiger charge is -2.26. The molecule has 2 aromatic rings.